The van der Waals surface area contributed by atoms with Gasteiger partial charge in [-0.2, -0.15) is 0 Å². The highest BCUT2D eigenvalue weighted by molar-refractivity contribution is 5.89. The number of urea groups is 1. The van der Waals surface area contributed by atoms with E-state index in [9.17, 15) is 14.4 Å². The molecule has 1 saturated heterocycles. The van der Waals surface area contributed by atoms with E-state index in [1.54, 1.807) is 7.11 Å². The quantitative estimate of drug-likeness (QED) is 0.195. The summed E-state index contributed by atoms with van der Waals surface area (Å²) in [5.74, 6) is 0.238. The summed E-state index contributed by atoms with van der Waals surface area (Å²) in [5.41, 5.74) is 4.79. The predicted octanol–water partition coefficient (Wildman–Crippen LogP) is 6.50. The van der Waals surface area contributed by atoms with Crippen LogP contribution in [0, 0.1) is 6.92 Å². The van der Waals surface area contributed by atoms with Crippen molar-refractivity contribution in [3.8, 4) is 0 Å². The van der Waals surface area contributed by atoms with Crippen molar-refractivity contribution in [1.29, 1.82) is 0 Å². The van der Waals surface area contributed by atoms with E-state index < -0.39 is 17.7 Å². The van der Waals surface area contributed by atoms with Gasteiger partial charge in [0, 0.05) is 80.1 Å². The molecule has 2 unspecified atom stereocenters. The molecule has 0 radical (unpaired) electrons. The van der Waals surface area contributed by atoms with Gasteiger partial charge in [0.15, 0.2) is 0 Å². The zero-order valence-corrected chi connectivity index (χ0v) is 28.6. The van der Waals surface area contributed by atoms with Crippen molar-refractivity contribution in [1.82, 2.24) is 20.1 Å². The molecule has 2 heterocycles. The molecular weight excluding hydrogens is 594 g/mol. The lowest BCUT2D eigenvalue weighted by atomic mass is 9.91. The van der Waals surface area contributed by atoms with Crippen molar-refractivity contribution < 1.29 is 23.9 Å². The Labute approximate surface area is 278 Å². The molecule has 47 heavy (non-hydrogen) atoms. The number of likely N-dealkylation sites (tertiary alicyclic amines) is 1. The summed E-state index contributed by atoms with van der Waals surface area (Å²) >= 11 is 0. The average molecular weight is 646 g/mol. The number of alkyl carbamates (subject to hydrolysis) is 1. The second-order valence-electron chi connectivity index (χ2n) is 14.0. The third-order valence-corrected chi connectivity index (χ3v) is 8.91. The number of benzene rings is 2. The van der Waals surface area contributed by atoms with E-state index >= 15 is 0 Å². The van der Waals surface area contributed by atoms with Crippen LogP contribution >= 0.6 is 0 Å². The van der Waals surface area contributed by atoms with Gasteiger partial charge in [-0.1, -0.05) is 30.3 Å². The first-order valence-corrected chi connectivity index (χ1v) is 17.0. The van der Waals surface area contributed by atoms with Crippen molar-refractivity contribution >= 4 is 34.6 Å². The molecule has 10 nitrogen and oxygen atoms in total. The van der Waals surface area contributed by atoms with E-state index in [4.69, 9.17) is 9.47 Å². The molecule has 3 aromatic rings. The van der Waals surface area contributed by atoms with Gasteiger partial charge >= 0.3 is 12.1 Å². The third-order valence-electron chi connectivity index (χ3n) is 8.91. The van der Waals surface area contributed by atoms with E-state index in [1.807, 2.05) is 49.9 Å². The number of hydrogen-bond donors (Lipinski definition) is 3. The lowest BCUT2D eigenvalue weighted by Crippen LogP contribution is -2.46. The van der Waals surface area contributed by atoms with Gasteiger partial charge in [-0.05, 0) is 95.5 Å². The molecule has 254 valence electrons. The van der Waals surface area contributed by atoms with Crippen LogP contribution in [0.15, 0.2) is 48.5 Å². The number of aromatic nitrogens is 1. The van der Waals surface area contributed by atoms with Crippen LogP contribution in [0.1, 0.15) is 82.0 Å². The van der Waals surface area contributed by atoms with Crippen molar-refractivity contribution in [2.45, 2.75) is 103 Å². The number of aryl methyl sites for hydroxylation is 2. The van der Waals surface area contributed by atoms with Gasteiger partial charge in [0.1, 0.15) is 5.60 Å². The molecule has 4 amide bonds. The van der Waals surface area contributed by atoms with Crippen LogP contribution in [0.2, 0.25) is 0 Å². The standard InChI is InChI=1S/C37H51N5O5/c1-25-31-11-6-7-12-32(31)42(20-9-21-46-5)34(25)27-10-8-19-41(24-27)33(43)23-30(40-36(45)47-37(2,3)4)22-26-13-15-28(16-14-26)38-35(44)39-29-17-18-29/h6-7,11-16,27,29-30H,8-10,17-24H2,1-5H3,(H,40,45)(H2,38,39,44). The Kier molecular flexibility index (Phi) is 11.1. The fourth-order valence-corrected chi connectivity index (χ4v) is 6.63. The Bertz CT molecular complexity index is 1540. The first-order chi connectivity index (χ1) is 22.5. The molecule has 2 aliphatic rings. The number of piperidine rings is 1. The van der Waals surface area contributed by atoms with Crippen LogP contribution in [-0.4, -0.2) is 72.0 Å². The maximum absolute atomic E-state index is 13.9. The normalized spacial score (nSPS) is 17.3. The number of hydrogen-bond acceptors (Lipinski definition) is 5. The zero-order chi connectivity index (χ0) is 33.6. The van der Waals surface area contributed by atoms with Gasteiger partial charge in [-0.3, -0.25) is 4.79 Å². The van der Waals surface area contributed by atoms with E-state index in [-0.39, 0.29) is 30.3 Å². The Hall–Kier alpha value is -4.05. The largest absolute Gasteiger partial charge is 0.444 e. The molecule has 3 N–H and O–H groups in total. The summed E-state index contributed by atoms with van der Waals surface area (Å²) in [6.45, 7) is 10.6. The van der Waals surface area contributed by atoms with Gasteiger partial charge in [0.25, 0.3) is 0 Å². The fraction of sp³-hybridized carbons (Fsp3) is 0.541. The Morgan fingerprint density at radius 1 is 1.02 bits per heavy atom. The molecule has 2 aromatic carbocycles. The van der Waals surface area contributed by atoms with Crippen molar-refractivity contribution in [3.05, 3.63) is 65.4 Å². The van der Waals surface area contributed by atoms with E-state index in [0.717, 1.165) is 44.2 Å². The van der Waals surface area contributed by atoms with Crippen molar-refractivity contribution in [2.24, 2.45) is 0 Å². The predicted molar refractivity (Wildman–Crippen MR) is 185 cm³/mol. The molecule has 2 fully saturated rings. The molecule has 1 aromatic heterocycles. The Morgan fingerprint density at radius 3 is 2.47 bits per heavy atom. The van der Waals surface area contributed by atoms with E-state index in [0.29, 0.717) is 31.8 Å². The molecule has 1 aliphatic heterocycles. The first kappa shape index (κ1) is 34.3. The maximum atomic E-state index is 13.9. The number of methoxy groups -OCH3 is 1. The lowest BCUT2D eigenvalue weighted by Gasteiger charge is -2.35. The molecular formula is C37H51N5O5. The number of carbonyl (C=O) groups excluding carboxylic acids is 3. The molecule has 5 rings (SSSR count). The number of anilines is 1. The van der Waals surface area contributed by atoms with E-state index in [2.05, 4.69) is 51.7 Å². The summed E-state index contributed by atoms with van der Waals surface area (Å²) < 4.78 is 13.4. The number of fused-ring (bicyclic) bond motifs is 1. The number of nitrogens with one attached hydrogen (secondary N) is 3. The molecule has 1 saturated carbocycles. The Balaban J connectivity index is 1.29. The minimum absolute atomic E-state index is 0.0190. The first-order valence-electron chi connectivity index (χ1n) is 17.0. The van der Waals surface area contributed by atoms with Gasteiger partial charge in [-0.15, -0.1) is 0 Å². The number of nitrogens with zero attached hydrogens (tertiary/aromatic N) is 2. The molecule has 2 atom stereocenters. The maximum Gasteiger partial charge on any atom is 0.407 e. The zero-order valence-electron chi connectivity index (χ0n) is 28.6. The Morgan fingerprint density at radius 2 is 1.77 bits per heavy atom. The highest BCUT2D eigenvalue weighted by Crippen LogP contribution is 2.36. The smallest absolute Gasteiger partial charge is 0.407 e. The summed E-state index contributed by atoms with van der Waals surface area (Å²) in [7, 11) is 1.73. The molecule has 10 heteroatoms. The number of carbonyl (C=O) groups is 3. The van der Waals surface area contributed by atoms with Crippen LogP contribution in [-0.2, 0) is 27.2 Å². The second-order valence-corrected chi connectivity index (χ2v) is 14.0. The monoisotopic (exact) mass is 645 g/mol. The molecule has 0 spiro atoms. The van der Waals surface area contributed by atoms with Gasteiger partial charge in [-0.25, -0.2) is 9.59 Å². The number of para-hydroxylation sites is 1. The fourth-order valence-electron chi connectivity index (χ4n) is 6.63. The summed E-state index contributed by atoms with van der Waals surface area (Å²) in [6.07, 6.45) is 4.96. The SMILES string of the molecule is COCCCn1c(C2CCCN(C(=O)CC(Cc3ccc(NC(=O)NC4CC4)cc3)NC(=O)OC(C)(C)C)C2)c(C)c2ccccc21. The number of rotatable bonds is 12. The van der Waals surface area contributed by atoms with Crippen LogP contribution in [0.3, 0.4) is 0 Å². The molecule has 0 bridgehead atoms. The van der Waals surface area contributed by atoms with Crippen molar-refractivity contribution in [2.75, 3.05) is 32.1 Å². The van der Waals surface area contributed by atoms with Gasteiger partial charge in [0.2, 0.25) is 5.91 Å². The van der Waals surface area contributed by atoms with Crippen molar-refractivity contribution in [3.63, 3.8) is 0 Å². The summed E-state index contributed by atoms with van der Waals surface area (Å²) in [6, 6.07) is 15.7. The second kappa shape index (κ2) is 15.2. The highest BCUT2D eigenvalue weighted by atomic mass is 16.6. The highest BCUT2D eigenvalue weighted by Gasteiger charge is 2.31. The van der Waals surface area contributed by atoms with E-state index in [1.165, 1.54) is 22.2 Å². The van der Waals surface area contributed by atoms with Crippen LogP contribution < -0.4 is 16.0 Å². The topological polar surface area (TPSA) is 114 Å². The van der Waals surface area contributed by atoms with Crippen LogP contribution in [0.4, 0.5) is 15.3 Å². The summed E-state index contributed by atoms with van der Waals surface area (Å²) in [4.78, 5) is 40.9. The third kappa shape index (κ3) is 9.50. The number of ether oxygens (including phenoxy) is 2. The summed E-state index contributed by atoms with van der Waals surface area (Å²) in [5, 5.41) is 10.0. The minimum Gasteiger partial charge on any atom is -0.444 e. The lowest BCUT2D eigenvalue weighted by molar-refractivity contribution is -0.132. The van der Waals surface area contributed by atoms with Crippen LogP contribution in [0.25, 0.3) is 10.9 Å². The van der Waals surface area contributed by atoms with Crippen LogP contribution in [0.5, 0.6) is 0 Å². The van der Waals surface area contributed by atoms with Gasteiger partial charge < -0.3 is 34.9 Å². The molecule has 1 aliphatic carbocycles. The number of amides is 4. The minimum atomic E-state index is -0.660. The van der Waals surface area contributed by atoms with Gasteiger partial charge in [0.05, 0.1) is 0 Å². The average Bonchev–Trinajstić information content (AvgIpc) is 3.79.